The lowest BCUT2D eigenvalue weighted by Gasteiger charge is -1.99. The maximum atomic E-state index is 9.41. The third kappa shape index (κ3) is 9.61. The second-order valence-electron chi connectivity index (χ2n) is 3.79. The monoisotopic (exact) mass is 196 g/mol. The van der Waals surface area contributed by atoms with E-state index in [1.165, 1.54) is 25.7 Å². The van der Waals surface area contributed by atoms with Gasteiger partial charge in [0.1, 0.15) is 6.10 Å². The highest BCUT2D eigenvalue weighted by molar-refractivity contribution is 5.04. The molecule has 0 aromatic rings. The molecular weight excluding hydrogens is 172 g/mol. The summed E-state index contributed by atoms with van der Waals surface area (Å²) in [7, 11) is 0. The van der Waals surface area contributed by atoms with E-state index in [0.717, 1.165) is 25.7 Å². The van der Waals surface area contributed by atoms with Crippen molar-refractivity contribution in [3.63, 3.8) is 0 Å². The summed E-state index contributed by atoms with van der Waals surface area (Å²) in [5.41, 5.74) is 0. The highest BCUT2D eigenvalue weighted by atomic mass is 16.3. The molecule has 1 nitrogen and oxygen atoms in total. The van der Waals surface area contributed by atoms with Gasteiger partial charge in [-0.05, 0) is 12.8 Å². The molecule has 0 aromatic carbocycles. The van der Waals surface area contributed by atoms with Gasteiger partial charge in [0.25, 0.3) is 0 Å². The SMILES string of the molecule is CCCCCCC#CC(O)CCCC. The van der Waals surface area contributed by atoms with Crippen LogP contribution in [0.3, 0.4) is 0 Å². The maximum Gasteiger partial charge on any atom is 0.114 e. The van der Waals surface area contributed by atoms with Gasteiger partial charge < -0.3 is 5.11 Å². The van der Waals surface area contributed by atoms with E-state index in [4.69, 9.17) is 0 Å². The van der Waals surface area contributed by atoms with Gasteiger partial charge in [0.05, 0.1) is 0 Å². The number of aliphatic hydroxyl groups is 1. The summed E-state index contributed by atoms with van der Waals surface area (Å²) in [4.78, 5) is 0. The van der Waals surface area contributed by atoms with Crippen LogP contribution in [0.4, 0.5) is 0 Å². The number of rotatable bonds is 7. The van der Waals surface area contributed by atoms with Crippen molar-refractivity contribution in [3.05, 3.63) is 0 Å². The van der Waals surface area contributed by atoms with E-state index in [1.54, 1.807) is 0 Å². The van der Waals surface area contributed by atoms with Gasteiger partial charge in [-0.1, -0.05) is 51.9 Å². The van der Waals surface area contributed by atoms with E-state index in [2.05, 4.69) is 25.7 Å². The molecule has 0 aliphatic heterocycles. The third-order valence-electron chi connectivity index (χ3n) is 2.26. The predicted molar refractivity (Wildman–Crippen MR) is 62.1 cm³/mol. The summed E-state index contributed by atoms with van der Waals surface area (Å²) in [5, 5.41) is 9.41. The normalized spacial score (nSPS) is 11.9. The average molecular weight is 196 g/mol. The van der Waals surface area contributed by atoms with Gasteiger partial charge in [0, 0.05) is 6.42 Å². The number of aliphatic hydroxyl groups excluding tert-OH is 1. The van der Waals surface area contributed by atoms with Crippen LogP contribution in [0, 0.1) is 11.8 Å². The molecule has 0 saturated heterocycles. The Labute approximate surface area is 88.9 Å². The molecule has 82 valence electrons. The Bertz CT molecular complexity index is 164. The Balaban J connectivity index is 3.31. The first-order valence-electron chi connectivity index (χ1n) is 5.97. The topological polar surface area (TPSA) is 20.2 Å². The van der Waals surface area contributed by atoms with E-state index in [1.807, 2.05) is 0 Å². The summed E-state index contributed by atoms with van der Waals surface area (Å²) < 4.78 is 0. The molecule has 1 atom stereocenters. The Kier molecular flexibility index (Phi) is 10.2. The molecule has 0 aromatic heterocycles. The minimum absolute atomic E-state index is 0.388. The lowest BCUT2D eigenvalue weighted by Crippen LogP contribution is -2.01. The minimum atomic E-state index is -0.388. The van der Waals surface area contributed by atoms with Gasteiger partial charge in [-0.15, -0.1) is 5.92 Å². The van der Waals surface area contributed by atoms with Crippen LogP contribution in [0.25, 0.3) is 0 Å². The highest BCUT2D eigenvalue weighted by Crippen LogP contribution is 2.02. The summed E-state index contributed by atoms with van der Waals surface area (Å²) in [5.74, 6) is 5.95. The highest BCUT2D eigenvalue weighted by Gasteiger charge is 1.95. The van der Waals surface area contributed by atoms with Crippen LogP contribution < -0.4 is 0 Å². The van der Waals surface area contributed by atoms with Crippen molar-refractivity contribution >= 4 is 0 Å². The summed E-state index contributed by atoms with van der Waals surface area (Å²) >= 11 is 0. The predicted octanol–water partition coefficient (Wildman–Crippen LogP) is 3.51. The van der Waals surface area contributed by atoms with E-state index < -0.39 is 0 Å². The number of unbranched alkanes of at least 4 members (excludes halogenated alkanes) is 5. The molecule has 1 heteroatoms. The summed E-state index contributed by atoms with van der Waals surface area (Å²) in [6.45, 7) is 4.34. The standard InChI is InChI=1S/C13H24O/c1-3-5-7-8-9-10-12-13(14)11-6-4-2/h13-14H,3-9,11H2,1-2H3. The fourth-order valence-corrected chi connectivity index (χ4v) is 1.30. The van der Waals surface area contributed by atoms with Crippen LogP contribution in [0.15, 0.2) is 0 Å². The van der Waals surface area contributed by atoms with E-state index in [0.29, 0.717) is 0 Å². The molecule has 0 aliphatic carbocycles. The molecular formula is C13H24O. The van der Waals surface area contributed by atoms with Crippen LogP contribution in [0.5, 0.6) is 0 Å². The van der Waals surface area contributed by atoms with Crippen LogP contribution in [-0.4, -0.2) is 11.2 Å². The Morgan fingerprint density at radius 2 is 1.71 bits per heavy atom. The van der Waals surface area contributed by atoms with Crippen molar-refractivity contribution in [2.24, 2.45) is 0 Å². The van der Waals surface area contributed by atoms with Crippen molar-refractivity contribution in [3.8, 4) is 11.8 Å². The third-order valence-corrected chi connectivity index (χ3v) is 2.26. The smallest absolute Gasteiger partial charge is 0.114 e. The second kappa shape index (κ2) is 10.6. The van der Waals surface area contributed by atoms with Gasteiger partial charge in [-0.2, -0.15) is 0 Å². The van der Waals surface area contributed by atoms with Crippen LogP contribution in [0.1, 0.15) is 65.2 Å². The van der Waals surface area contributed by atoms with Gasteiger partial charge in [0.2, 0.25) is 0 Å². The fraction of sp³-hybridized carbons (Fsp3) is 0.846. The molecule has 14 heavy (non-hydrogen) atoms. The van der Waals surface area contributed by atoms with Gasteiger partial charge in [-0.3, -0.25) is 0 Å². The van der Waals surface area contributed by atoms with Crippen LogP contribution in [-0.2, 0) is 0 Å². The van der Waals surface area contributed by atoms with E-state index >= 15 is 0 Å². The van der Waals surface area contributed by atoms with Crippen molar-refractivity contribution in [2.45, 2.75) is 71.3 Å². The fourth-order valence-electron chi connectivity index (χ4n) is 1.30. The second-order valence-corrected chi connectivity index (χ2v) is 3.79. The van der Waals surface area contributed by atoms with Gasteiger partial charge >= 0.3 is 0 Å². The molecule has 0 amide bonds. The number of hydrogen-bond acceptors (Lipinski definition) is 1. The van der Waals surface area contributed by atoms with E-state index in [9.17, 15) is 5.11 Å². The average Bonchev–Trinajstić information content (AvgIpc) is 2.20. The van der Waals surface area contributed by atoms with Gasteiger partial charge in [-0.25, -0.2) is 0 Å². The largest absolute Gasteiger partial charge is 0.380 e. The Morgan fingerprint density at radius 1 is 1.00 bits per heavy atom. The molecule has 0 radical (unpaired) electrons. The lowest BCUT2D eigenvalue weighted by molar-refractivity contribution is 0.218. The van der Waals surface area contributed by atoms with Crippen molar-refractivity contribution in [1.29, 1.82) is 0 Å². The van der Waals surface area contributed by atoms with E-state index in [-0.39, 0.29) is 6.10 Å². The van der Waals surface area contributed by atoms with Crippen molar-refractivity contribution < 1.29 is 5.11 Å². The summed E-state index contributed by atoms with van der Waals surface area (Å²) in [6.07, 6.45) is 8.63. The molecule has 0 aliphatic rings. The first-order chi connectivity index (χ1) is 6.81. The molecule has 0 saturated carbocycles. The Morgan fingerprint density at radius 3 is 2.36 bits per heavy atom. The molecule has 0 bridgehead atoms. The van der Waals surface area contributed by atoms with Crippen LogP contribution in [0.2, 0.25) is 0 Å². The molecule has 0 spiro atoms. The first-order valence-corrected chi connectivity index (χ1v) is 5.97. The summed E-state index contributed by atoms with van der Waals surface area (Å²) in [6, 6.07) is 0. The zero-order valence-electron chi connectivity index (χ0n) is 9.68. The molecule has 0 rings (SSSR count). The molecule has 0 fully saturated rings. The van der Waals surface area contributed by atoms with Crippen LogP contribution >= 0.6 is 0 Å². The van der Waals surface area contributed by atoms with Gasteiger partial charge in [0.15, 0.2) is 0 Å². The minimum Gasteiger partial charge on any atom is -0.380 e. The van der Waals surface area contributed by atoms with Crippen molar-refractivity contribution in [2.75, 3.05) is 0 Å². The lowest BCUT2D eigenvalue weighted by atomic mass is 10.1. The maximum absolute atomic E-state index is 9.41. The zero-order chi connectivity index (χ0) is 10.6. The zero-order valence-corrected chi connectivity index (χ0v) is 9.68. The molecule has 0 heterocycles. The first kappa shape index (κ1) is 13.5. The number of hydrogen-bond donors (Lipinski definition) is 1. The Hall–Kier alpha value is -0.480. The van der Waals surface area contributed by atoms with Crippen molar-refractivity contribution in [1.82, 2.24) is 0 Å². The quantitative estimate of drug-likeness (QED) is 0.488. The molecule has 1 N–H and O–H groups in total. The molecule has 1 unspecified atom stereocenters.